The second-order valence-electron chi connectivity index (χ2n) is 5.99. The Labute approximate surface area is 98.9 Å². The number of ether oxygens (including phenoxy) is 1. The standard InChI is InChI=1S/C12H26N2O2/c1-10(2,16-7)8-14-9(15)11(3,4)12(5,6)13/h8,13H2,1-7H3,(H,14,15). The molecule has 1 amide bonds. The van der Waals surface area contributed by atoms with Gasteiger partial charge in [-0.2, -0.15) is 0 Å². The van der Waals surface area contributed by atoms with Crippen LogP contribution in [0.15, 0.2) is 0 Å². The van der Waals surface area contributed by atoms with E-state index in [1.165, 1.54) is 0 Å². The minimum Gasteiger partial charge on any atom is -0.377 e. The van der Waals surface area contributed by atoms with E-state index in [0.717, 1.165) is 0 Å². The summed E-state index contributed by atoms with van der Waals surface area (Å²) in [4.78, 5) is 12.0. The van der Waals surface area contributed by atoms with Crippen LogP contribution in [0.4, 0.5) is 0 Å². The minimum atomic E-state index is -0.614. The van der Waals surface area contributed by atoms with Crippen molar-refractivity contribution in [3.05, 3.63) is 0 Å². The Morgan fingerprint density at radius 3 is 1.94 bits per heavy atom. The zero-order valence-electron chi connectivity index (χ0n) is 11.6. The zero-order valence-corrected chi connectivity index (χ0v) is 11.6. The predicted molar refractivity (Wildman–Crippen MR) is 66.1 cm³/mol. The number of amides is 1. The number of carbonyl (C=O) groups is 1. The third kappa shape index (κ3) is 3.76. The Balaban J connectivity index is 4.50. The molecule has 4 nitrogen and oxygen atoms in total. The van der Waals surface area contributed by atoms with E-state index in [0.29, 0.717) is 6.54 Å². The van der Waals surface area contributed by atoms with Crippen molar-refractivity contribution in [2.45, 2.75) is 52.7 Å². The maximum Gasteiger partial charge on any atom is 0.227 e. The molecule has 0 aromatic rings. The van der Waals surface area contributed by atoms with Crippen LogP contribution in [0.25, 0.3) is 0 Å². The summed E-state index contributed by atoms with van der Waals surface area (Å²) in [5.74, 6) is -0.0508. The minimum absolute atomic E-state index is 0.0508. The van der Waals surface area contributed by atoms with E-state index in [-0.39, 0.29) is 11.5 Å². The Morgan fingerprint density at radius 2 is 1.62 bits per heavy atom. The van der Waals surface area contributed by atoms with Crippen molar-refractivity contribution in [3.63, 3.8) is 0 Å². The number of nitrogens with one attached hydrogen (secondary N) is 1. The first-order chi connectivity index (χ1) is 6.94. The van der Waals surface area contributed by atoms with Gasteiger partial charge in [-0.25, -0.2) is 0 Å². The molecule has 3 N–H and O–H groups in total. The molecular formula is C12H26N2O2. The molecular weight excluding hydrogens is 204 g/mol. The lowest BCUT2D eigenvalue weighted by atomic mass is 9.74. The van der Waals surface area contributed by atoms with Gasteiger partial charge in [0.05, 0.1) is 11.0 Å². The van der Waals surface area contributed by atoms with Crippen LogP contribution in [-0.4, -0.2) is 30.7 Å². The van der Waals surface area contributed by atoms with E-state index in [1.807, 2.05) is 41.5 Å². The molecule has 0 radical (unpaired) electrons. The molecule has 0 heterocycles. The highest BCUT2D eigenvalue weighted by molar-refractivity contribution is 5.83. The summed E-state index contributed by atoms with van der Waals surface area (Å²) in [7, 11) is 1.63. The summed E-state index contributed by atoms with van der Waals surface area (Å²) in [6, 6.07) is 0. The normalized spacial score (nSPS) is 13.8. The third-order valence-corrected chi connectivity index (χ3v) is 3.41. The summed E-state index contributed by atoms with van der Waals surface area (Å²) in [6.45, 7) is 11.7. The van der Waals surface area contributed by atoms with Gasteiger partial charge in [-0.05, 0) is 41.5 Å². The Morgan fingerprint density at radius 1 is 1.19 bits per heavy atom. The molecule has 0 rings (SSSR count). The second-order valence-corrected chi connectivity index (χ2v) is 5.99. The monoisotopic (exact) mass is 230 g/mol. The first kappa shape index (κ1) is 15.4. The van der Waals surface area contributed by atoms with Crippen LogP contribution < -0.4 is 11.1 Å². The predicted octanol–water partition coefficient (Wildman–Crippen LogP) is 1.29. The quantitative estimate of drug-likeness (QED) is 0.748. The number of methoxy groups -OCH3 is 1. The van der Waals surface area contributed by atoms with Crippen molar-refractivity contribution in [2.24, 2.45) is 11.1 Å². The van der Waals surface area contributed by atoms with Crippen LogP contribution in [0.5, 0.6) is 0 Å². The Bertz CT molecular complexity index is 252. The van der Waals surface area contributed by atoms with E-state index in [1.54, 1.807) is 7.11 Å². The summed E-state index contributed by atoms with van der Waals surface area (Å²) in [6.07, 6.45) is 0. The number of nitrogens with two attached hydrogens (primary N) is 1. The third-order valence-electron chi connectivity index (χ3n) is 3.41. The smallest absolute Gasteiger partial charge is 0.227 e. The molecule has 0 saturated heterocycles. The Kier molecular flexibility index (Phi) is 4.54. The van der Waals surface area contributed by atoms with Gasteiger partial charge < -0.3 is 15.8 Å². The van der Waals surface area contributed by atoms with E-state index < -0.39 is 11.0 Å². The molecule has 4 heteroatoms. The van der Waals surface area contributed by atoms with Crippen LogP contribution in [0.3, 0.4) is 0 Å². The number of rotatable bonds is 5. The maximum absolute atomic E-state index is 12.0. The van der Waals surface area contributed by atoms with E-state index >= 15 is 0 Å². The molecule has 0 bridgehead atoms. The van der Waals surface area contributed by atoms with Gasteiger partial charge >= 0.3 is 0 Å². The van der Waals surface area contributed by atoms with E-state index in [9.17, 15) is 4.79 Å². The molecule has 0 aromatic carbocycles. The van der Waals surface area contributed by atoms with Crippen LogP contribution in [-0.2, 0) is 9.53 Å². The first-order valence-electron chi connectivity index (χ1n) is 5.56. The highest BCUT2D eigenvalue weighted by Crippen LogP contribution is 2.28. The zero-order chi connectivity index (χ0) is 13.2. The van der Waals surface area contributed by atoms with Crippen molar-refractivity contribution >= 4 is 5.91 Å². The summed E-state index contributed by atoms with van der Waals surface area (Å²) in [5, 5.41) is 2.88. The summed E-state index contributed by atoms with van der Waals surface area (Å²) >= 11 is 0. The highest BCUT2D eigenvalue weighted by atomic mass is 16.5. The molecule has 0 atom stereocenters. The van der Waals surface area contributed by atoms with Gasteiger partial charge in [-0.1, -0.05) is 0 Å². The fraction of sp³-hybridized carbons (Fsp3) is 0.917. The van der Waals surface area contributed by atoms with Gasteiger partial charge in [0, 0.05) is 19.2 Å². The topological polar surface area (TPSA) is 64.3 Å². The fourth-order valence-electron chi connectivity index (χ4n) is 0.879. The first-order valence-corrected chi connectivity index (χ1v) is 5.56. The SMILES string of the molecule is COC(C)(C)CNC(=O)C(C)(C)C(C)(C)N. The Hall–Kier alpha value is -0.610. The van der Waals surface area contributed by atoms with Gasteiger partial charge in [0.15, 0.2) is 0 Å². The van der Waals surface area contributed by atoms with Crippen LogP contribution in [0, 0.1) is 5.41 Å². The maximum atomic E-state index is 12.0. The van der Waals surface area contributed by atoms with Crippen molar-refractivity contribution in [3.8, 4) is 0 Å². The number of hydrogen-bond acceptors (Lipinski definition) is 3. The van der Waals surface area contributed by atoms with Crippen LogP contribution in [0.1, 0.15) is 41.5 Å². The molecule has 96 valence electrons. The summed E-state index contributed by atoms with van der Waals surface area (Å²) in [5.41, 5.74) is 4.46. The van der Waals surface area contributed by atoms with Gasteiger partial charge in [0.25, 0.3) is 0 Å². The average Bonchev–Trinajstić information content (AvgIpc) is 2.12. The summed E-state index contributed by atoms with van der Waals surface area (Å²) < 4.78 is 5.24. The van der Waals surface area contributed by atoms with Crippen molar-refractivity contribution < 1.29 is 9.53 Å². The molecule has 0 spiro atoms. The van der Waals surface area contributed by atoms with Gasteiger partial charge in [-0.3, -0.25) is 4.79 Å². The van der Waals surface area contributed by atoms with Gasteiger partial charge in [0.1, 0.15) is 0 Å². The van der Waals surface area contributed by atoms with Gasteiger partial charge in [0.2, 0.25) is 5.91 Å². The molecule has 0 saturated carbocycles. The van der Waals surface area contributed by atoms with Crippen molar-refractivity contribution in [1.82, 2.24) is 5.32 Å². The fourth-order valence-corrected chi connectivity index (χ4v) is 0.879. The lowest BCUT2D eigenvalue weighted by Crippen LogP contribution is -2.57. The van der Waals surface area contributed by atoms with Crippen LogP contribution >= 0.6 is 0 Å². The lowest BCUT2D eigenvalue weighted by molar-refractivity contribution is -0.133. The average molecular weight is 230 g/mol. The number of hydrogen-bond donors (Lipinski definition) is 2. The van der Waals surface area contributed by atoms with E-state index in [4.69, 9.17) is 10.5 Å². The molecule has 0 aliphatic carbocycles. The molecule has 0 fully saturated rings. The van der Waals surface area contributed by atoms with Crippen LogP contribution in [0.2, 0.25) is 0 Å². The molecule has 0 aromatic heterocycles. The number of carbonyl (C=O) groups excluding carboxylic acids is 1. The lowest BCUT2D eigenvalue weighted by Gasteiger charge is -2.37. The molecule has 0 aliphatic rings. The largest absolute Gasteiger partial charge is 0.377 e. The molecule has 0 aliphatic heterocycles. The molecule has 0 unspecified atom stereocenters. The second kappa shape index (κ2) is 4.72. The van der Waals surface area contributed by atoms with Crippen molar-refractivity contribution in [1.29, 1.82) is 0 Å². The van der Waals surface area contributed by atoms with E-state index in [2.05, 4.69) is 5.32 Å². The highest BCUT2D eigenvalue weighted by Gasteiger charge is 2.40. The van der Waals surface area contributed by atoms with Crippen molar-refractivity contribution in [2.75, 3.05) is 13.7 Å². The van der Waals surface area contributed by atoms with Gasteiger partial charge in [-0.15, -0.1) is 0 Å². The molecule has 16 heavy (non-hydrogen) atoms.